The van der Waals surface area contributed by atoms with E-state index in [9.17, 15) is 9.59 Å². The van der Waals surface area contributed by atoms with Gasteiger partial charge in [0.2, 0.25) is 0 Å². The Bertz CT molecular complexity index is 1100. The lowest BCUT2D eigenvalue weighted by Crippen LogP contribution is -2.41. The summed E-state index contributed by atoms with van der Waals surface area (Å²) in [6.45, 7) is 1.30. The molecule has 0 bridgehead atoms. The van der Waals surface area contributed by atoms with Crippen molar-refractivity contribution in [3.63, 3.8) is 0 Å². The first-order valence-electron chi connectivity index (χ1n) is 10.4. The Balaban J connectivity index is 1.27. The van der Waals surface area contributed by atoms with Crippen LogP contribution in [-0.4, -0.2) is 56.8 Å². The van der Waals surface area contributed by atoms with Gasteiger partial charge in [0, 0.05) is 19.0 Å². The molecule has 0 spiro atoms. The third-order valence-corrected chi connectivity index (χ3v) is 6.09. The van der Waals surface area contributed by atoms with E-state index in [0.717, 1.165) is 12.8 Å². The summed E-state index contributed by atoms with van der Waals surface area (Å²) in [5.74, 6) is -1.10. The number of benzene rings is 2. The Morgan fingerprint density at radius 1 is 1.06 bits per heavy atom. The smallest absolute Gasteiger partial charge is 0.409 e. The van der Waals surface area contributed by atoms with Crippen molar-refractivity contribution in [2.75, 3.05) is 19.7 Å². The highest BCUT2D eigenvalue weighted by Crippen LogP contribution is 2.44. The van der Waals surface area contributed by atoms with Gasteiger partial charge in [-0.3, -0.25) is 0 Å². The van der Waals surface area contributed by atoms with E-state index in [1.807, 2.05) is 24.3 Å². The van der Waals surface area contributed by atoms with Crippen LogP contribution in [0.15, 0.2) is 54.7 Å². The summed E-state index contributed by atoms with van der Waals surface area (Å²) in [5, 5.41) is 16.6. The van der Waals surface area contributed by atoms with Gasteiger partial charge in [-0.15, -0.1) is 5.10 Å². The Morgan fingerprint density at radius 2 is 1.74 bits per heavy atom. The zero-order valence-electron chi connectivity index (χ0n) is 16.8. The van der Waals surface area contributed by atoms with Crippen LogP contribution >= 0.6 is 0 Å². The van der Waals surface area contributed by atoms with Crippen molar-refractivity contribution in [1.82, 2.24) is 19.9 Å². The fourth-order valence-electron chi connectivity index (χ4n) is 4.57. The lowest BCUT2D eigenvalue weighted by molar-refractivity contribution is 0.0689. The Hall–Kier alpha value is -3.68. The van der Waals surface area contributed by atoms with Crippen LogP contribution in [0.1, 0.15) is 46.4 Å². The average Bonchev–Trinajstić information content (AvgIpc) is 3.42. The number of likely N-dealkylation sites (tertiary alicyclic amines) is 1. The number of carbonyl (C=O) groups is 2. The first-order valence-corrected chi connectivity index (χ1v) is 10.4. The highest BCUT2D eigenvalue weighted by atomic mass is 16.6. The van der Waals surface area contributed by atoms with Crippen molar-refractivity contribution in [1.29, 1.82) is 0 Å². The molecule has 0 saturated carbocycles. The van der Waals surface area contributed by atoms with Crippen molar-refractivity contribution in [3.05, 3.63) is 71.5 Å². The molecule has 1 fully saturated rings. The quantitative estimate of drug-likeness (QED) is 0.696. The van der Waals surface area contributed by atoms with Gasteiger partial charge in [0.25, 0.3) is 0 Å². The molecule has 1 aromatic heterocycles. The standard InChI is InChI=1S/C23H22N4O4/c28-22(29)21-13-27(25-24-21)15-6-5-11-26(12-15)23(30)31-14-20-18-9-3-1-7-16(18)17-8-2-4-10-19(17)20/h1-4,7-10,13,15,20H,5-6,11-12,14H2,(H,28,29). The number of ether oxygens (including phenoxy) is 1. The molecule has 2 aromatic carbocycles. The fraction of sp³-hybridized carbons (Fsp3) is 0.304. The van der Waals surface area contributed by atoms with Crippen molar-refractivity contribution < 1.29 is 19.4 Å². The van der Waals surface area contributed by atoms with Crippen molar-refractivity contribution in [3.8, 4) is 11.1 Å². The fourth-order valence-corrected chi connectivity index (χ4v) is 4.57. The molecule has 1 aliphatic carbocycles. The maximum Gasteiger partial charge on any atom is 0.409 e. The minimum Gasteiger partial charge on any atom is -0.476 e. The van der Waals surface area contributed by atoms with Crippen LogP contribution in [-0.2, 0) is 4.74 Å². The van der Waals surface area contributed by atoms with Gasteiger partial charge >= 0.3 is 12.1 Å². The number of rotatable bonds is 4. The van der Waals surface area contributed by atoms with Crippen molar-refractivity contribution >= 4 is 12.1 Å². The lowest BCUT2D eigenvalue weighted by Gasteiger charge is -2.32. The highest BCUT2D eigenvalue weighted by Gasteiger charge is 2.31. The Kier molecular flexibility index (Phi) is 4.89. The second-order valence-corrected chi connectivity index (χ2v) is 7.94. The third-order valence-electron chi connectivity index (χ3n) is 6.09. The number of hydrogen-bond donors (Lipinski definition) is 1. The van der Waals surface area contributed by atoms with E-state index in [0.29, 0.717) is 13.1 Å². The van der Waals surface area contributed by atoms with E-state index in [2.05, 4.69) is 34.6 Å². The number of carboxylic acid groups (broad SMARTS) is 1. The van der Waals surface area contributed by atoms with E-state index in [-0.39, 0.29) is 30.4 Å². The number of piperidine rings is 1. The maximum absolute atomic E-state index is 12.8. The number of carboxylic acids is 1. The van der Waals surface area contributed by atoms with Gasteiger partial charge in [0.1, 0.15) is 6.61 Å². The van der Waals surface area contributed by atoms with Gasteiger partial charge in [-0.05, 0) is 35.1 Å². The minimum atomic E-state index is -1.12. The molecular weight excluding hydrogens is 396 g/mol. The van der Waals surface area contributed by atoms with Crippen LogP contribution in [0.25, 0.3) is 11.1 Å². The predicted molar refractivity (Wildman–Crippen MR) is 112 cm³/mol. The highest BCUT2D eigenvalue weighted by molar-refractivity contribution is 5.84. The van der Waals surface area contributed by atoms with Gasteiger partial charge in [-0.2, -0.15) is 0 Å². The molecule has 158 valence electrons. The Labute approximate surface area is 179 Å². The molecular formula is C23H22N4O4. The molecule has 1 saturated heterocycles. The summed E-state index contributed by atoms with van der Waals surface area (Å²) in [6.07, 6.45) is 2.64. The summed E-state index contributed by atoms with van der Waals surface area (Å²) >= 11 is 0. The molecule has 2 aliphatic rings. The van der Waals surface area contributed by atoms with Gasteiger partial charge in [0.05, 0.1) is 12.2 Å². The van der Waals surface area contributed by atoms with Gasteiger partial charge in [0.15, 0.2) is 5.69 Å². The van der Waals surface area contributed by atoms with Crippen LogP contribution < -0.4 is 0 Å². The van der Waals surface area contributed by atoms with Crippen molar-refractivity contribution in [2.24, 2.45) is 0 Å². The Morgan fingerprint density at radius 3 is 2.39 bits per heavy atom. The second kappa shape index (κ2) is 7.86. The van der Waals surface area contributed by atoms with Crippen LogP contribution in [0.5, 0.6) is 0 Å². The molecule has 1 atom stereocenters. The molecule has 8 nitrogen and oxygen atoms in total. The number of hydrogen-bond acceptors (Lipinski definition) is 5. The molecule has 1 aliphatic heterocycles. The zero-order valence-corrected chi connectivity index (χ0v) is 16.8. The molecule has 2 heterocycles. The number of aromatic carboxylic acids is 1. The average molecular weight is 418 g/mol. The SMILES string of the molecule is O=C(O)c1cn(C2CCCN(C(=O)OCC3c4ccccc4-c4ccccc43)C2)nn1. The summed E-state index contributed by atoms with van der Waals surface area (Å²) in [6, 6.07) is 16.4. The van der Waals surface area contributed by atoms with Gasteiger partial charge < -0.3 is 14.7 Å². The maximum atomic E-state index is 12.8. The predicted octanol–water partition coefficient (Wildman–Crippen LogP) is 3.56. The summed E-state index contributed by atoms with van der Waals surface area (Å²) in [4.78, 5) is 25.6. The number of carbonyl (C=O) groups excluding carboxylic acids is 1. The largest absolute Gasteiger partial charge is 0.476 e. The molecule has 8 heteroatoms. The molecule has 1 N–H and O–H groups in total. The van der Waals surface area contributed by atoms with Gasteiger partial charge in [-0.1, -0.05) is 53.7 Å². The van der Waals surface area contributed by atoms with Crippen molar-refractivity contribution in [2.45, 2.75) is 24.8 Å². The van der Waals surface area contributed by atoms with Crippen LogP contribution in [0, 0.1) is 0 Å². The number of amides is 1. The topological polar surface area (TPSA) is 97.5 Å². The molecule has 1 amide bonds. The molecule has 3 aromatic rings. The second-order valence-electron chi connectivity index (χ2n) is 7.94. The third kappa shape index (κ3) is 3.54. The summed E-state index contributed by atoms with van der Waals surface area (Å²) < 4.78 is 7.29. The zero-order chi connectivity index (χ0) is 21.4. The summed E-state index contributed by atoms with van der Waals surface area (Å²) in [5.41, 5.74) is 4.64. The minimum absolute atomic E-state index is 0.0189. The normalized spacial score (nSPS) is 17.8. The first kappa shape index (κ1) is 19.3. The van der Waals surface area contributed by atoms with E-state index in [4.69, 9.17) is 9.84 Å². The molecule has 0 radical (unpaired) electrons. The lowest BCUT2D eigenvalue weighted by atomic mass is 9.98. The van der Waals surface area contributed by atoms with E-state index in [1.54, 1.807) is 4.90 Å². The number of nitrogens with zero attached hydrogens (tertiary/aromatic N) is 4. The molecule has 5 rings (SSSR count). The van der Waals surface area contributed by atoms with Gasteiger partial charge in [-0.25, -0.2) is 14.3 Å². The van der Waals surface area contributed by atoms with Crippen LogP contribution in [0.4, 0.5) is 4.79 Å². The first-order chi connectivity index (χ1) is 15.1. The monoisotopic (exact) mass is 418 g/mol. The van der Waals surface area contributed by atoms with Crippen LogP contribution in [0.2, 0.25) is 0 Å². The molecule has 1 unspecified atom stereocenters. The number of fused-ring (bicyclic) bond motifs is 3. The molecule has 31 heavy (non-hydrogen) atoms. The van der Waals surface area contributed by atoms with Crippen LogP contribution in [0.3, 0.4) is 0 Å². The summed E-state index contributed by atoms with van der Waals surface area (Å²) in [7, 11) is 0. The van der Waals surface area contributed by atoms with E-state index < -0.39 is 5.97 Å². The van der Waals surface area contributed by atoms with E-state index >= 15 is 0 Å². The van der Waals surface area contributed by atoms with E-state index in [1.165, 1.54) is 33.1 Å². The number of aromatic nitrogens is 3.